The van der Waals surface area contributed by atoms with Crippen molar-refractivity contribution in [3.05, 3.63) is 75.9 Å². The molecule has 2 nitrogen and oxygen atoms in total. The van der Waals surface area contributed by atoms with Gasteiger partial charge < -0.3 is 5.11 Å². The second-order valence-corrected chi connectivity index (χ2v) is 13.3. The molecule has 0 bridgehead atoms. The molecule has 2 aromatic carbocycles. The molecule has 2 aromatic rings. The fraction of sp³-hybridized carbons (Fsp3) is 0.464. The number of aryl methyl sites for hydroxylation is 1. The van der Waals surface area contributed by atoms with Crippen LogP contribution in [0.25, 0.3) is 6.08 Å². The van der Waals surface area contributed by atoms with E-state index in [1.807, 2.05) is 29.6 Å². The van der Waals surface area contributed by atoms with Crippen molar-refractivity contribution in [2.75, 3.05) is 11.5 Å². The topological polar surface area (TPSA) is 37.3 Å². The molecule has 0 radical (unpaired) electrons. The van der Waals surface area contributed by atoms with Gasteiger partial charge in [0.1, 0.15) is 4.08 Å². The Morgan fingerprint density at radius 2 is 1.56 bits per heavy atom. The molecule has 170 valence electrons. The summed E-state index contributed by atoms with van der Waals surface area (Å²) >= 11 is 4.07. The van der Waals surface area contributed by atoms with E-state index in [0.29, 0.717) is 0 Å². The van der Waals surface area contributed by atoms with Gasteiger partial charge in [0.25, 0.3) is 0 Å². The number of fused-ring (bicyclic) bond motifs is 1. The zero-order valence-corrected chi connectivity index (χ0v) is 21.5. The Morgan fingerprint density at radius 1 is 0.938 bits per heavy atom. The minimum atomic E-state index is -0.915. The first-order valence-electron chi connectivity index (χ1n) is 11.5. The van der Waals surface area contributed by atoms with Gasteiger partial charge in [-0.05, 0) is 94.0 Å². The lowest BCUT2D eigenvalue weighted by Gasteiger charge is -2.44. The van der Waals surface area contributed by atoms with Crippen LogP contribution < -0.4 is 0 Å². The molecular formula is C28H34O2S2. The third-order valence-electron chi connectivity index (χ3n) is 7.14. The largest absolute Gasteiger partial charge is 0.478 e. The summed E-state index contributed by atoms with van der Waals surface area (Å²) in [7, 11) is 0. The summed E-state index contributed by atoms with van der Waals surface area (Å²) in [5.41, 5.74) is 8.36. The molecule has 1 aliphatic heterocycles. The smallest absolute Gasteiger partial charge is 0.328 e. The molecule has 2 aliphatic rings. The minimum absolute atomic E-state index is 0.165. The highest BCUT2D eigenvalue weighted by Gasteiger charge is 2.43. The number of carboxylic acids is 1. The van der Waals surface area contributed by atoms with Gasteiger partial charge in [-0.1, -0.05) is 58.0 Å². The van der Waals surface area contributed by atoms with Crippen molar-refractivity contribution in [2.45, 2.75) is 68.8 Å². The fourth-order valence-corrected chi connectivity index (χ4v) is 8.61. The second kappa shape index (κ2) is 8.61. The van der Waals surface area contributed by atoms with E-state index in [4.69, 9.17) is 5.11 Å². The second-order valence-electron chi connectivity index (χ2n) is 10.4. The number of thioether (sulfide) groups is 2. The zero-order valence-electron chi connectivity index (χ0n) is 19.8. The molecule has 4 rings (SSSR count). The number of aliphatic carboxylic acids is 1. The van der Waals surface area contributed by atoms with Gasteiger partial charge in [0.15, 0.2) is 0 Å². The lowest BCUT2D eigenvalue weighted by atomic mass is 9.62. The molecule has 0 saturated carbocycles. The molecule has 1 aliphatic carbocycles. The van der Waals surface area contributed by atoms with E-state index in [-0.39, 0.29) is 14.9 Å². The Labute approximate surface area is 201 Å². The summed E-state index contributed by atoms with van der Waals surface area (Å²) < 4.78 is -0.165. The summed E-state index contributed by atoms with van der Waals surface area (Å²) in [5.74, 6) is 1.35. The molecule has 1 heterocycles. The Morgan fingerprint density at radius 3 is 2.19 bits per heavy atom. The van der Waals surface area contributed by atoms with Crippen molar-refractivity contribution in [1.29, 1.82) is 0 Å². The van der Waals surface area contributed by atoms with Crippen LogP contribution in [0.3, 0.4) is 0 Å². The fourth-order valence-electron chi connectivity index (χ4n) is 5.10. The van der Waals surface area contributed by atoms with Gasteiger partial charge in [-0.2, -0.15) is 0 Å². The zero-order chi connectivity index (χ0) is 23.1. The summed E-state index contributed by atoms with van der Waals surface area (Å²) in [6.45, 7) is 11.8. The van der Waals surface area contributed by atoms with Crippen LogP contribution in [0.1, 0.15) is 80.3 Å². The predicted octanol–water partition coefficient (Wildman–Crippen LogP) is 7.51. The van der Waals surface area contributed by atoms with Gasteiger partial charge in [0.05, 0.1) is 0 Å². The van der Waals surface area contributed by atoms with E-state index >= 15 is 0 Å². The first kappa shape index (κ1) is 23.5. The minimum Gasteiger partial charge on any atom is -0.478 e. The van der Waals surface area contributed by atoms with Gasteiger partial charge >= 0.3 is 5.97 Å². The molecule has 0 amide bonds. The number of benzene rings is 2. The van der Waals surface area contributed by atoms with Crippen LogP contribution in [0.4, 0.5) is 0 Å². The van der Waals surface area contributed by atoms with E-state index in [2.05, 4.69) is 65.0 Å². The molecule has 1 N–H and O–H groups in total. The number of carboxylic acid groups (broad SMARTS) is 1. The predicted molar refractivity (Wildman–Crippen MR) is 140 cm³/mol. The van der Waals surface area contributed by atoms with Gasteiger partial charge in [0, 0.05) is 6.08 Å². The molecule has 1 fully saturated rings. The molecule has 4 heteroatoms. The van der Waals surface area contributed by atoms with Gasteiger partial charge in [-0.15, -0.1) is 23.5 Å². The number of carbonyl (C=O) groups is 1. The van der Waals surface area contributed by atoms with Crippen LogP contribution in [0, 0.1) is 6.92 Å². The molecule has 0 unspecified atom stereocenters. The quantitative estimate of drug-likeness (QED) is 0.473. The van der Waals surface area contributed by atoms with E-state index < -0.39 is 5.97 Å². The van der Waals surface area contributed by atoms with Crippen LogP contribution >= 0.6 is 23.5 Å². The molecular weight excluding hydrogens is 432 g/mol. The molecule has 0 aromatic heterocycles. The standard InChI is InChI=1S/C28H34O2S2/c1-19-16-23-24(27(4,5)13-12-26(23,2)3)18-22(19)28(31-14-7-15-32-28)21-9-6-8-20(17-21)10-11-25(29)30/h6,8-11,16-18H,7,12-15H2,1-5H3,(H,29,30)/b11-10+. The van der Waals surface area contributed by atoms with E-state index in [9.17, 15) is 4.79 Å². The van der Waals surface area contributed by atoms with E-state index in [1.54, 1.807) is 6.08 Å². The maximum absolute atomic E-state index is 11.0. The lowest BCUT2D eigenvalue weighted by Crippen LogP contribution is -2.35. The first-order chi connectivity index (χ1) is 15.1. The average Bonchev–Trinajstić information content (AvgIpc) is 2.76. The molecule has 32 heavy (non-hydrogen) atoms. The molecule has 0 spiro atoms. The van der Waals surface area contributed by atoms with E-state index in [1.165, 1.54) is 53.2 Å². The normalized spacial score (nSPS) is 21.3. The first-order valence-corrected chi connectivity index (χ1v) is 13.5. The summed E-state index contributed by atoms with van der Waals surface area (Å²) in [5, 5.41) is 9.07. The van der Waals surface area contributed by atoms with Crippen LogP contribution in [0.2, 0.25) is 0 Å². The average molecular weight is 467 g/mol. The highest BCUT2D eigenvalue weighted by molar-refractivity contribution is 8.18. The Kier molecular flexibility index (Phi) is 6.32. The molecule has 0 atom stereocenters. The highest BCUT2D eigenvalue weighted by atomic mass is 32.2. The van der Waals surface area contributed by atoms with Gasteiger partial charge in [0.2, 0.25) is 0 Å². The number of hydrogen-bond acceptors (Lipinski definition) is 3. The van der Waals surface area contributed by atoms with Crippen molar-refractivity contribution in [2.24, 2.45) is 0 Å². The van der Waals surface area contributed by atoms with Crippen molar-refractivity contribution in [3.8, 4) is 0 Å². The lowest BCUT2D eigenvalue weighted by molar-refractivity contribution is -0.131. The summed E-state index contributed by atoms with van der Waals surface area (Å²) in [6, 6.07) is 13.4. The number of hydrogen-bond donors (Lipinski definition) is 1. The van der Waals surface area contributed by atoms with Crippen LogP contribution in [-0.2, 0) is 19.7 Å². The molecule has 1 saturated heterocycles. The van der Waals surface area contributed by atoms with Crippen molar-refractivity contribution >= 4 is 35.6 Å². The van der Waals surface area contributed by atoms with Crippen molar-refractivity contribution in [3.63, 3.8) is 0 Å². The van der Waals surface area contributed by atoms with Crippen LogP contribution in [0.5, 0.6) is 0 Å². The summed E-state index contributed by atoms with van der Waals surface area (Å²) in [6.07, 6.45) is 6.57. The number of rotatable bonds is 4. The Balaban J connectivity index is 1.90. The van der Waals surface area contributed by atoms with Crippen LogP contribution in [0.15, 0.2) is 42.5 Å². The Hall–Kier alpha value is -1.65. The summed E-state index contributed by atoms with van der Waals surface area (Å²) in [4.78, 5) is 11.0. The van der Waals surface area contributed by atoms with Crippen molar-refractivity contribution in [1.82, 2.24) is 0 Å². The van der Waals surface area contributed by atoms with E-state index in [0.717, 1.165) is 17.1 Å². The van der Waals surface area contributed by atoms with Crippen molar-refractivity contribution < 1.29 is 9.90 Å². The van der Waals surface area contributed by atoms with Gasteiger partial charge in [-0.25, -0.2) is 4.79 Å². The van der Waals surface area contributed by atoms with Crippen LogP contribution in [-0.4, -0.2) is 22.6 Å². The third kappa shape index (κ3) is 4.28. The third-order valence-corrected chi connectivity index (χ3v) is 10.6. The van der Waals surface area contributed by atoms with Gasteiger partial charge in [-0.3, -0.25) is 0 Å². The Bertz CT molecular complexity index is 1060. The maximum atomic E-state index is 11.0. The monoisotopic (exact) mass is 466 g/mol. The maximum Gasteiger partial charge on any atom is 0.328 e. The SMILES string of the molecule is Cc1cc2c(cc1C1(c3cccc(/C=C/C(=O)O)c3)SCCCS1)C(C)(C)CCC2(C)C. The highest BCUT2D eigenvalue weighted by Crippen LogP contribution is 2.57.